The summed E-state index contributed by atoms with van der Waals surface area (Å²) in [5.74, 6) is 0.546. The number of H-pyrrole nitrogens is 1. The van der Waals surface area contributed by atoms with Crippen molar-refractivity contribution in [2.75, 3.05) is 7.11 Å². The number of aromatic amines is 1. The highest BCUT2D eigenvalue weighted by Crippen LogP contribution is 2.27. The third kappa shape index (κ3) is 1.06. The summed E-state index contributed by atoms with van der Waals surface area (Å²) in [6.07, 6.45) is 3.41. The molecule has 0 aliphatic carbocycles. The summed E-state index contributed by atoms with van der Waals surface area (Å²) >= 11 is 0. The Morgan fingerprint density at radius 2 is 2.27 bits per heavy atom. The summed E-state index contributed by atoms with van der Waals surface area (Å²) in [5, 5.41) is 8.74. The van der Waals surface area contributed by atoms with E-state index in [9.17, 15) is 0 Å². The fraction of sp³-hybridized carbons (Fsp3) is 0.100. The Kier molecular flexibility index (Phi) is 1.58. The second kappa shape index (κ2) is 2.91. The van der Waals surface area contributed by atoms with Crippen LogP contribution in [-0.4, -0.2) is 27.3 Å². The number of pyridine rings is 2. The van der Waals surface area contributed by atoms with Crippen LogP contribution in [-0.2, 0) is 0 Å². The Labute approximate surface area is 85.1 Å². The molecule has 0 saturated heterocycles. The van der Waals surface area contributed by atoms with Crippen LogP contribution in [0, 0.1) is 0 Å². The van der Waals surface area contributed by atoms with Gasteiger partial charge in [0, 0.05) is 11.6 Å². The van der Waals surface area contributed by atoms with Crippen molar-refractivity contribution in [3.63, 3.8) is 0 Å². The van der Waals surface area contributed by atoms with Gasteiger partial charge in [-0.2, -0.15) is 10.1 Å². The van der Waals surface area contributed by atoms with Crippen LogP contribution in [0.25, 0.3) is 21.9 Å². The highest BCUT2D eigenvalue weighted by molar-refractivity contribution is 6.03. The van der Waals surface area contributed by atoms with Gasteiger partial charge in [0.25, 0.3) is 0 Å². The van der Waals surface area contributed by atoms with Crippen molar-refractivity contribution in [2.24, 2.45) is 0 Å². The molecule has 3 heterocycles. The molecule has 15 heavy (non-hydrogen) atoms. The lowest BCUT2D eigenvalue weighted by atomic mass is 10.2. The highest BCUT2D eigenvalue weighted by atomic mass is 16.5. The van der Waals surface area contributed by atoms with Crippen molar-refractivity contribution in [3.05, 3.63) is 24.5 Å². The van der Waals surface area contributed by atoms with E-state index in [4.69, 9.17) is 4.74 Å². The maximum Gasteiger partial charge on any atom is 0.226 e. The lowest BCUT2D eigenvalue weighted by Gasteiger charge is -2.02. The molecule has 0 unspecified atom stereocenters. The van der Waals surface area contributed by atoms with Crippen molar-refractivity contribution in [3.8, 4) is 5.88 Å². The van der Waals surface area contributed by atoms with E-state index < -0.39 is 0 Å². The number of hydrogen-bond donors (Lipinski definition) is 1. The molecule has 1 N–H and O–H groups in total. The summed E-state index contributed by atoms with van der Waals surface area (Å²) in [5.41, 5.74) is 1.57. The van der Waals surface area contributed by atoms with E-state index >= 15 is 0 Å². The van der Waals surface area contributed by atoms with Crippen molar-refractivity contribution >= 4 is 21.9 Å². The molecule has 0 atom stereocenters. The Hall–Kier alpha value is -2.17. The number of methoxy groups -OCH3 is 1. The number of nitrogens with zero attached hydrogens (tertiary/aromatic N) is 3. The minimum atomic E-state index is 0.546. The van der Waals surface area contributed by atoms with Gasteiger partial charge in [-0.15, -0.1) is 0 Å². The molecule has 0 saturated carbocycles. The summed E-state index contributed by atoms with van der Waals surface area (Å²) in [6, 6.07) is 3.83. The molecule has 5 heteroatoms. The maximum absolute atomic E-state index is 5.18. The Morgan fingerprint density at radius 3 is 3.13 bits per heavy atom. The fourth-order valence-corrected chi connectivity index (χ4v) is 1.65. The molecular weight excluding hydrogens is 192 g/mol. The van der Waals surface area contributed by atoms with E-state index in [1.165, 1.54) is 0 Å². The smallest absolute Gasteiger partial charge is 0.226 e. The Bertz CT molecular complexity index is 631. The molecule has 0 aromatic carbocycles. The van der Waals surface area contributed by atoms with Gasteiger partial charge in [0.2, 0.25) is 5.88 Å². The number of rotatable bonds is 1. The summed E-state index contributed by atoms with van der Waals surface area (Å²) in [7, 11) is 1.59. The number of ether oxygens (including phenoxy) is 1. The number of hydrogen-bond acceptors (Lipinski definition) is 4. The van der Waals surface area contributed by atoms with E-state index in [0.717, 1.165) is 16.3 Å². The van der Waals surface area contributed by atoms with Gasteiger partial charge in [-0.25, -0.2) is 4.98 Å². The first-order valence-electron chi connectivity index (χ1n) is 4.52. The Morgan fingerprint density at radius 1 is 1.33 bits per heavy atom. The predicted molar refractivity (Wildman–Crippen MR) is 55.7 cm³/mol. The van der Waals surface area contributed by atoms with Gasteiger partial charge in [0.05, 0.1) is 24.2 Å². The van der Waals surface area contributed by atoms with E-state index in [2.05, 4.69) is 20.2 Å². The average molecular weight is 200 g/mol. The predicted octanol–water partition coefficient (Wildman–Crippen LogP) is 1.51. The van der Waals surface area contributed by atoms with Gasteiger partial charge in [-0.3, -0.25) is 5.10 Å². The monoisotopic (exact) mass is 200 g/mol. The largest absolute Gasteiger partial charge is 0.480 e. The second-order valence-electron chi connectivity index (χ2n) is 3.15. The summed E-state index contributed by atoms with van der Waals surface area (Å²) < 4.78 is 5.18. The van der Waals surface area contributed by atoms with Crippen LogP contribution in [0.5, 0.6) is 5.88 Å². The minimum Gasteiger partial charge on any atom is -0.480 e. The van der Waals surface area contributed by atoms with Crippen molar-refractivity contribution < 1.29 is 4.74 Å². The SMILES string of the molecule is COc1nc2ncccc2c2[nH]ncc12. The highest BCUT2D eigenvalue weighted by Gasteiger charge is 2.10. The lowest BCUT2D eigenvalue weighted by molar-refractivity contribution is 0.404. The molecule has 5 nitrogen and oxygen atoms in total. The van der Waals surface area contributed by atoms with Crippen LogP contribution >= 0.6 is 0 Å². The first kappa shape index (κ1) is 8.16. The molecule has 0 bridgehead atoms. The molecular formula is C10H8N4O. The van der Waals surface area contributed by atoms with Gasteiger partial charge < -0.3 is 4.74 Å². The van der Waals surface area contributed by atoms with Crippen LogP contribution in [0.1, 0.15) is 0 Å². The molecule has 0 spiro atoms. The van der Waals surface area contributed by atoms with Crippen LogP contribution in [0.4, 0.5) is 0 Å². The lowest BCUT2D eigenvalue weighted by Crippen LogP contribution is -1.91. The Balaban J connectivity index is 2.57. The maximum atomic E-state index is 5.18. The van der Waals surface area contributed by atoms with E-state index in [1.54, 1.807) is 19.5 Å². The van der Waals surface area contributed by atoms with Crippen LogP contribution in [0.15, 0.2) is 24.5 Å². The third-order valence-electron chi connectivity index (χ3n) is 2.33. The zero-order valence-corrected chi connectivity index (χ0v) is 8.06. The fourth-order valence-electron chi connectivity index (χ4n) is 1.65. The van der Waals surface area contributed by atoms with Crippen LogP contribution in [0.3, 0.4) is 0 Å². The van der Waals surface area contributed by atoms with Crippen molar-refractivity contribution in [1.29, 1.82) is 0 Å². The molecule has 3 rings (SSSR count). The molecule has 0 amide bonds. The number of nitrogens with one attached hydrogen (secondary N) is 1. The number of fused-ring (bicyclic) bond motifs is 3. The normalized spacial score (nSPS) is 11.0. The standard InChI is InChI=1S/C10H8N4O/c1-15-10-7-5-12-14-8(7)6-3-2-4-11-9(6)13-10/h2-5H,1H3,(H,12,14). The first-order valence-corrected chi connectivity index (χ1v) is 4.52. The summed E-state index contributed by atoms with van der Waals surface area (Å²) in [4.78, 5) is 8.48. The van der Waals surface area contributed by atoms with Gasteiger partial charge in [0.1, 0.15) is 0 Å². The third-order valence-corrected chi connectivity index (χ3v) is 2.33. The minimum absolute atomic E-state index is 0.546. The topological polar surface area (TPSA) is 63.7 Å². The van der Waals surface area contributed by atoms with Crippen molar-refractivity contribution in [2.45, 2.75) is 0 Å². The van der Waals surface area contributed by atoms with E-state index in [0.29, 0.717) is 11.5 Å². The molecule has 0 fully saturated rings. The van der Waals surface area contributed by atoms with E-state index in [1.807, 2.05) is 12.1 Å². The molecule has 0 aliphatic rings. The van der Waals surface area contributed by atoms with Gasteiger partial charge in [-0.05, 0) is 12.1 Å². The van der Waals surface area contributed by atoms with Gasteiger partial charge in [-0.1, -0.05) is 0 Å². The zero-order valence-electron chi connectivity index (χ0n) is 8.06. The second-order valence-corrected chi connectivity index (χ2v) is 3.15. The van der Waals surface area contributed by atoms with Gasteiger partial charge in [0.15, 0.2) is 5.65 Å². The number of aromatic nitrogens is 4. The average Bonchev–Trinajstić information content (AvgIpc) is 2.77. The van der Waals surface area contributed by atoms with Gasteiger partial charge >= 0.3 is 0 Å². The molecule has 3 aromatic rings. The molecule has 74 valence electrons. The molecule has 0 radical (unpaired) electrons. The summed E-state index contributed by atoms with van der Waals surface area (Å²) in [6.45, 7) is 0. The van der Waals surface area contributed by atoms with E-state index in [-0.39, 0.29) is 0 Å². The zero-order chi connectivity index (χ0) is 10.3. The first-order chi connectivity index (χ1) is 7.40. The molecule has 0 aliphatic heterocycles. The molecule has 3 aromatic heterocycles. The van der Waals surface area contributed by atoms with Crippen molar-refractivity contribution in [1.82, 2.24) is 20.2 Å². The quantitative estimate of drug-likeness (QED) is 0.646. The van der Waals surface area contributed by atoms with Crippen LogP contribution in [0.2, 0.25) is 0 Å². The van der Waals surface area contributed by atoms with Crippen LogP contribution < -0.4 is 4.74 Å².